The number of hydrogen-bond acceptors (Lipinski definition) is 4. The molecule has 0 radical (unpaired) electrons. The van der Waals surface area contributed by atoms with Gasteiger partial charge < -0.3 is 14.3 Å². The molecule has 4 nitrogen and oxygen atoms in total. The number of carbonyl (C=O) groups is 1. The Morgan fingerprint density at radius 3 is 2.09 bits per heavy atom. The predicted octanol–water partition coefficient (Wildman–Crippen LogP) is 2.40. The summed E-state index contributed by atoms with van der Waals surface area (Å²) in [4.78, 5) is 24.7. The van der Waals surface area contributed by atoms with Crippen molar-refractivity contribution in [2.45, 2.75) is 0 Å². The van der Waals surface area contributed by atoms with Crippen LogP contribution in [-0.2, 0) is 0 Å². The molecule has 34 heavy (non-hydrogen) atoms. The Labute approximate surface area is 290 Å². The molecule has 164 valence electrons. The van der Waals surface area contributed by atoms with Crippen molar-refractivity contribution in [3.63, 3.8) is 0 Å². The van der Waals surface area contributed by atoms with Gasteiger partial charge in [0.15, 0.2) is 0 Å². The third kappa shape index (κ3) is 5.39. The summed E-state index contributed by atoms with van der Waals surface area (Å²) < 4.78 is 7.27. The van der Waals surface area contributed by atoms with Gasteiger partial charge in [0, 0.05) is 22.3 Å². The van der Waals surface area contributed by atoms with Gasteiger partial charge in [-0.3, -0.25) is 4.79 Å². The summed E-state index contributed by atoms with van der Waals surface area (Å²) in [5.74, 6) is -1.48. The van der Waals surface area contributed by atoms with Gasteiger partial charge in [-0.05, 0) is 43.5 Å². The van der Waals surface area contributed by atoms with Crippen molar-refractivity contribution < 1.29 is 73.4 Å². The van der Waals surface area contributed by atoms with Gasteiger partial charge in [0.1, 0.15) is 10.2 Å². The molecule has 0 saturated heterocycles. The first-order valence-corrected chi connectivity index (χ1v) is 12.9. The fourth-order valence-electron chi connectivity index (χ4n) is 3.24. The van der Waals surface area contributed by atoms with Crippen LogP contribution in [0.2, 0.25) is 20.1 Å². The number of rotatable bonds is 2. The van der Waals surface area contributed by atoms with E-state index in [1.165, 1.54) is 6.07 Å². The van der Waals surface area contributed by atoms with E-state index in [9.17, 15) is 14.7 Å². The maximum atomic E-state index is 12.5. The largest absolute Gasteiger partial charge is 1.00 e. The number of carboxylic acids is 1. The zero-order valence-electron chi connectivity index (χ0n) is 16.8. The van der Waals surface area contributed by atoms with Crippen LogP contribution in [-0.4, -0.2) is 5.97 Å². The molecule has 0 bridgehead atoms. The van der Waals surface area contributed by atoms with Crippen molar-refractivity contribution in [3.8, 4) is 22.5 Å². The second kappa shape index (κ2) is 12.2. The van der Waals surface area contributed by atoms with Gasteiger partial charge in [-0.25, -0.2) is 0 Å². The van der Waals surface area contributed by atoms with Crippen LogP contribution in [0.1, 0.15) is 10.4 Å². The summed E-state index contributed by atoms with van der Waals surface area (Å²) in [6.45, 7) is 0. The summed E-state index contributed by atoms with van der Waals surface area (Å²) in [7, 11) is 0. The fourth-order valence-corrected chi connectivity index (χ4v) is 6.66. The molecule has 0 fully saturated rings. The average molecular weight is 814 g/mol. The van der Waals surface area contributed by atoms with Crippen LogP contribution in [0.5, 0.6) is 0 Å². The van der Waals surface area contributed by atoms with Crippen LogP contribution in [0.15, 0.2) is 39.2 Å². The molecule has 0 N–H and O–H groups in total. The maximum Gasteiger partial charge on any atom is 1.00 e. The van der Waals surface area contributed by atoms with Gasteiger partial charge in [-0.15, -0.1) is 6.07 Å². The number of fused-ring (bicyclic) bond motifs is 2. The van der Waals surface area contributed by atoms with Crippen LogP contribution < -0.4 is 69.6 Å². The Morgan fingerprint density at radius 2 is 1.50 bits per heavy atom. The van der Waals surface area contributed by atoms with E-state index >= 15 is 0 Å². The summed E-state index contributed by atoms with van der Waals surface area (Å²) in [6.07, 6.45) is 0. The van der Waals surface area contributed by atoms with Gasteiger partial charge >= 0.3 is 59.1 Å². The standard InChI is InChI=1S/C20H3Br4Cl4O4.2Na/c21-4-1-5-9(10-11(20(30)31)14(26)16(28)15(27)13(10)25)6-3-7(22)17(29)12(24)19(6)32-18(5)8(23)2-4;;/h1,3H,(H,30,31);;/q-1;2*+1/p-1. The number of carboxylic acid groups (broad SMARTS) is 1. The number of carbonyl (C=O) groups excluding carboxylic acids is 1. The normalized spacial score (nSPS) is 10.8. The minimum Gasteiger partial charge on any atom is -0.545 e. The molecule has 0 spiro atoms. The van der Waals surface area contributed by atoms with E-state index in [2.05, 4.69) is 69.8 Å². The van der Waals surface area contributed by atoms with Crippen molar-refractivity contribution in [1.29, 1.82) is 0 Å². The van der Waals surface area contributed by atoms with Crippen LogP contribution in [0.25, 0.3) is 33.4 Å². The van der Waals surface area contributed by atoms with E-state index in [0.29, 0.717) is 19.9 Å². The van der Waals surface area contributed by atoms with Crippen molar-refractivity contribution in [2.24, 2.45) is 0 Å². The zero-order valence-corrected chi connectivity index (χ0v) is 30.2. The number of hydrogen-bond donors (Lipinski definition) is 0. The molecular weight excluding hydrogens is 812 g/mol. The minimum atomic E-state index is -1.62. The molecular formula is C20H2Br4Cl4Na2O4. The van der Waals surface area contributed by atoms with Crippen molar-refractivity contribution in [2.75, 3.05) is 0 Å². The molecule has 2 aromatic rings. The molecule has 1 aliphatic carbocycles. The van der Waals surface area contributed by atoms with Gasteiger partial charge in [-0.2, -0.15) is 6.07 Å². The third-order valence-electron chi connectivity index (χ3n) is 4.54. The minimum absolute atomic E-state index is 0. The molecule has 1 aliphatic heterocycles. The first kappa shape index (κ1) is 31.9. The van der Waals surface area contributed by atoms with Crippen molar-refractivity contribution in [1.82, 2.24) is 0 Å². The number of aromatic carboxylic acids is 1. The van der Waals surface area contributed by atoms with Crippen LogP contribution >= 0.6 is 110 Å². The molecule has 0 unspecified atom stereocenters. The Hall–Kier alpha value is 1.68. The van der Waals surface area contributed by atoms with Crippen LogP contribution in [0, 0.1) is 6.07 Å². The molecule has 14 heteroatoms. The number of benzene rings is 3. The number of halogens is 8. The average Bonchev–Trinajstić information content (AvgIpc) is 2.72. The molecule has 0 amide bonds. The predicted molar refractivity (Wildman–Crippen MR) is 139 cm³/mol. The molecule has 2 aliphatic rings. The molecule has 0 atom stereocenters. The van der Waals surface area contributed by atoms with E-state index in [1.54, 1.807) is 6.07 Å². The Morgan fingerprint density at radius 1 is 0.912 bits per heavy atom. The fraction of sp³-hybridized carbons (Fsp3) is 0. The first-order chi connectivity index (χ1) is 15.0. The van der Waals surface area contributed by atoms with Gasteiger partial charge in [0.2, 0.25) is 5.43 Å². The Balaban J connectivity index is 0.00000204. The van der Waals surface area contributed by atoms with Gasteiger partial charge in [0.25, 0.3) is 0 Å². The summed E-state index contributed by atoms with van der Waals surface area (Å²) >= 11 is 38.4. The van der Waals surface area contributed by atoms with E-state index in [0.717, 1.165) is 0 Å². The van der Waals surface area contributed by atoms with E-state index in [1.807, 2.05) is 0 Å². The van der Waals surface area contributed by atoms with E-state index < -0.39 is 11.5 Å². The SMILES string of the molecule is O=C([O-])c1c(Cl)c(Cl)c(Cl)c(Cl)c1-c1c2cc(Br)c(=O)c(Br)c-2oc2c(Br)[c-]c(Br)cc12.[Na+].[Na+]. The van der Waals surface area contributed by atoms with Crippen molar-refractivity contribution in [3.05, 3.63) is 72.0 Å². The first-order valence-electron chi connectivity index (χ1n) is 8.19. The summed E-state index contributed by atoms with van der Waals surface area (Å²) in [6, 6.07) is 6.13. The summed E-state index contributed by atoms with van der Waals surface area (Å²) in [5.41, 5.74) is 0.0166. The topological polar surface area (TPSA) is 70.3 Å². The quantitative estimate of drug-likeness (QED) is 0.103. The molecule has 4 rings (SSSR count). The van der Waals surface area contributed by atoms with Gasteiger partial charge in [-0.1, -0.05) is 92.6 Å². The smallest absolute Gasteiger partial charge is 0.545 e. The second-order valence-electron chi connectivity index (χ2n) is 6.32. The Kier molecular flexibility index (Phi) is 11.5. The third-order valence-corrected chi connectivity index (χ3v) is 8.64. The molecule has 0 aromatic heterocycles. The molecule has 2 aromatic carbocycles. The zero-order chi connectivity index (χ0) is 23.6. The van der Waals surface area contributed by atoms with Crippen LogP contribution in [0.3, 0.4) is 0 Å². The Bertz CT molecular complexity index is 1530. The molecule has 0 saturated carbocycles. The van der Waals surface area contributed by atoms with E-state index in [-0.39, 0.29) is 116 Å². The van der Waals surface area contributed by atoms with Gasteiger partial charge in [0.05, 0.1) is 30.5 Å². The monoisotopic (exact) mass is 808 g/mol. The van der Waals surface area contributed by atoms with E-state index in [4.69, 9.17) is 50.8 Å². The molecule has 1 heterocycles. The maximum absolute atomic E-state index is 12.5. The second-order valence-corrected chi connectivity index (χ2v) is 11.1. The summed E-state index contributed by atoms with van der Waals surface area (Å²) in [5, 5.41) is 11.7. The van der Waals surface area contributed by atoms with Crippen LogP contribution in [0.4, 0.5) is 0 Å². The van der Waals surface area contributed by atoms with Crippen molar-refractivity contribution >= 4 is 127 Å².